The van der Waals surface area contributed by atoms with Crippen LogP contribution >= 0.6 is 0 Å². The third kappa shape index (κ3) is 5.48. The maximum absolute atomic E-state index is 12.1. The largest absolute Gasteiger partial charge is 0.465 e. The molecule has 0 spiro atoms. The second-order valence-corrected chi connectivity index (χ2v) is 19.8. The molecule has 4 saturated carbocycles. The summed E-state index contributed by atoms with van der Waals surface area (Å²) in [5, 5.41) is 4.03. The molecule has 9 atom stereocenters. The second kappa shape index (κ2) is 12.0. The molecule has 3 unspecified atom stereocenters. The van der Waals surface area contributed by atoms with Crippen molar-refractivity contribution in [2.24, 2.45) is 57.2 Å². The van der Waals surface area contributed by atoms with Gasteiger partial charge < -0.3 is 10.1 Å². The van der Waals surface area contributed by atoms with Crippen LogP contribution in [0.5, 0.6) is 0 Å². The van der Waals surface area contributed by atoms with E-state index in [-0.39, 0.29) is 22.3 Å². The van der Waals surface area contributed by atoms with Crippen molar-refractivity contribution < 1.29 is 17.9 Å². The Kier molecular flexibility index (Phi) is 8.95. The van der Waals surface area contributed by atoms with Crippen LogP contribution < -0.4 is 10.0 Å². The van der Waals surface area contributed by atoms with Gasteiger partial charge in [-0.2, -0.15) is 0 Å². The number of fused-ring (bicyclic) bond motifs is 7. The lowest BCUT2D eigenvalue weighted by Crippen LogP contribution is -2.68. The molecule has 0 bridgehead atoms. The smallest absolute Gasteiger partial charge is 0.337 e. The van der Waals surface area contributed by atoms with E-state index in [1.807, 2.05) is 12.1 Å². The number of sulfonamides is 1. The van der Waals surface area contributed by atoms with Crippen molar-refractivity contribution in [2.75, 3.05) is 26.5 Å². The summed E-state index contributed by atoms with van der Waals surface area (Å²) in [6.07, 6.45) is 15.1. The first-order valence-electron chi connectivity index (χ1n) is 18.5. The Labute approximate surface area is 285 Å². The molecule has 1 aromatic rings. The van der Waals surface area contributed by atoms with Crippen LogP contribution in [0.2, 0.25) is 0 Å². The standard InChI is InChI=1S/C40H62N2O4S/c1-26(2)29-16-21-40(41-24-25-42-47(9,44)45)23-22-38(6)31(34(29)40)14-15-33-37(5)19-17-30(27-10-12-28(13-11-27)35(43)46-8)36(3,4)32(37)18-20-39(33,38)7/h10-13,17,26,29,31-34,41-42H,14-16,18-25H2,1-9H3/t29-,31+,32?,33?,34?,37-,38+,39+,40-/m0/s1. The van der Waals surface area contributed by atoms with E-state index in [1.54, 1.807) is 0 Å². The SMILES string of the molecule is COC(=O)c1ccc(C2=CC[C@@]3(C)C(CC[C@]4(C)C3CC[C@@H]3C5[C@H](C(C)C)CC[C@]5(NCCNS(C)(=O)=O)CC[C@]34C)C2(C)C)cc1. The third-order valence-electron chi connectivity index (χ3n) is 15.5. The van der Waals surface area contributed by atoms with E-state index in [1.165, 1.54) is 75.9 Å². The maximum Gasteiger partial charge on any atom is 0.337 e. The Morgan fingerprint density at radius 2 is 1.60 bits per heavy atom. The Bertz CT molecular complexity index is 1500. The first-order chi connectivity index (χ1) is 21.9. The van der Waals surface area contributed by atoms with Crippen LogP contribution in [0.25, 0.3) is 5.57 Å². The van der Waals surface area contributed by atoms with Gasteiger partial charge in [-0.25, -0.2) is 17.9 Å². The van der Waals surface area contributed by atoms with Crippen LogP contribution in [0.4, 0.5) is 0 Å². The Hall–Kier alpha value is -1.70. The average Bonchev–Trinajstić information content (AvgIpc) is 3.39. The summed E-state index contributed by atoms with van der Waals surface area (Å²) in [5.74, 6) is 3.72. The molecule has 0 saturated heterocycles. The molecule has 0 radical (unpaired) electrons. The van der Waals surface area contributed by atoms with E-state index in [9.17, 15) is 13.2 Å². The van der Waals surface area contributed by atoms with Crippen LogP contribution in [-0.4, -0.2) is 46.4 Å². The monoisotopic (exact) mass is 666 g/mol. The molecule has 0 amide bonds. The predicted octanol–water partition coefficient (Wildman–Crippen LogP) is 8.10. The molecular formula is C40H62N2O4S. The number of allylic oxidation sites excluding steroid dienone is 2. The van der Waals surface area contributed by atoms with Gasteiger partial charge in [-0.05, 0) is 138 Å². The van der Waals surface area contributed by atoms with E-state index >= 15 is 0 Å². The van der Waals surface area contributed by atoms with Gasteiger partial charge in [-0.15, -0.1) is 0 Å². The fraction of sp³-hybridized carbons (Fsp3) is 0.775. The number of benzene rings is 1. The van der Waals surface area contributed by atoms with E-state index < -0.39 is 10.0 Å². The van der Waals surface area contributed by atoms with Crippen molar-refractivity contribution in [3.05, 3.63) is 41.5 Å². The number of hydrogen-bond donors (Lipinski definition) is 2. The summed E-state index contributed by atoms with van der Waals surface area (Å²) in [5.41, 5.74) is 4.26. The lowest BCUT2D eigenvalue weighted by Gasteiger charge is -2.72. The van der Waals surface area contributed by atoms with Gasteiger partial charge in [0.05, 0.1) is 18.9 Å². The Balaban J connectivity index is 1.29. The zero-order chi connectivity index (χ0) is 34.2. The third-order valence-corrected chi connectivity index (χ3v) is 16.2. The highest BCUT2D eigenvalue weighted by atomic mass is 32.2. The number of methoxy groups -OCH3 is 1. The molecule has 6 rings (SSSR count). The van der Waals surface area contributed by atoms with Gasteiger partial charge in [0.1, 0.15) is 0 Å². The zero-order valence-electron chi connectivity index (χ0n) is 30.7. The molecule has 1 aromatic carbocycles. The minimum Gasteiger partial charge on any atom is -0.465 e. The molecule has 2 N–H and O–H groups in total. The topological polar surface area (TPSA) is 84.5 Å². The molecule has 7 heteroatoms. The highest BCUT2D eigenvalue weighted by Gasteiger charge is 2.70. The van der Waals surface area contributed by atoms with Crippen LogP contribution in [0.15, 0.2) is 30.3 Å². The lowest BCUT2D eigenvalue weighted by atomic mass is 9.33. The maximum atomic E-state index is 12.1. The highest BCUT2D eigenvalue weighted by Crippen LogP contribution is 2.76. The number of carbonyl (C=O) groups excluding carboxylic acids is 1. The lowest BCUT2D eigenvalue weighted by molar-refractivity contribution is -0.221. The molecule has 4 fully saturated rings. The van der Waals surface area contributed by atoms with Crippen molar-refractivity contribution in [1.29, 1.82) is 0 Å². The predicted molar refractivity (Wildman–Crippen MR) is 191 cm³/mol. The summed E-state index contributed by atoms with van der Waals surface area (Å²) >= 11 is 0. The van der Waals surface area contributed by atoms with E-state index in [0.717, 1.165) is 6.42 Å². The number of ether oxygens (including phenoxy) is 1. The van der Waals surface area contributed by atoms with Crippen LogP contribution in [0.3, 0.4) is 0 Å². The first kappa shape index (κ1) is 35.1. The highest BCUT2D eigenvalue weighted by molar-refractivity contribution is 7.88. The molecule has 5 aliphatic carbocycles. The van der Waals surface area contributed by atoms with Gasteiger partial charge in [0, 0.05) is 18.6 Å². The van der Waals surface area contributed by atoms with Crippen LogP contribution in [0.1, 0.15) is 122 Å². The van der Waals surface area contributed by atoms with Crippen molar-refractivity contribution in [1.82, 2.24) is 10.0 Å². The minimum absolute atomic E-state index is 0.0404. The molecule has 0 aliphatic heterocycles. The van der Waals surface area contributed by atoms with E-state index in [2.05, 4.69) is 76.7 Å². The number of hydrogen-bond acceptors (Lipinski definition) is 5. The van der Waals surface area contributed by atoms with E-state index in [0.29, 0.717) is 65.0 Å². The van der Waals surface area contributed by atoms with Crippen molar-refractivity contribution in [3.8, 4) is 0 Å². The normalized spacial score (nSPS) is 40.9. The van der Waals surface area contributed by atoms with Gasteiger partial charge in [0.15, 0.2) is 0 Å². The fourth-order valence-electron chi connectivity index (χ4n) is 13.3. The quantitative estimate of drug-likeness (QED) is 0.216. The zero-order valence-corrected chi connectivity index (χ0v) is 31.5. The van der Waals surface area contributed by atoms with E-state index in [4.69, 9.17) is 4.74 Å². The average molecular weight is 667 g/mol. The van der Waals surface area contributed by atoms with Gasteiger partial charge >= 0.3 is 5.97 Å². The summed E-state index contributed by atoms with van der Waals surface area (Å²) in [6.45, 7) is 19.1. The summed E-state index contributed by atoms with van der Waals surface area (Å²) in [4.78, 5) is 12.1. The molecule has 0 heterocycles. The molecular weight excluding hydrogens is 605 g/mol. The summed E-state index contributed by atoms with van der Waals surface area (Å²) < 4.78 is 31.3. The Morgan fingerprint density at radius 1 is 0.894 bits per heavy atom. The molecule has 47 heavy (non-hydrogen) atoms. The first-order valence-corrected chi connectivity index (χ1v) is 20.4. The number of carbonyl (C=O) groups is 1. The minimum atomic E-state index is -3.19. The van der Waals surface area contributed by atoms with Gasteiger partial charge in [-0.1, -0.05) is 66.7 Å². The molecule has 0 aromatic heterocycles. The number of nitrogens with one attached hydrogen (secondary N) is 2. The molecule has 5 aliphatic rings. The second-order valence-electron chi connectivity index (χ2n) is 18.0. The fourth-order valence-corrected chi connectivity index (χ4v) is 13.7. The van der Waals surface area contributed by atoms with Gasteiger partial charge in [0.25, 0.3) is 0 Å². The summed E-state index contributed by atoms with van der Waals surface area (Å²) in [7, 11) is -1.75. The number of rotatable bonds is 8. The van der Waals surface area contributed by atoms with Crippen molar-refractivity contribution in [3.63, 3.8) is 0 Å². The molecule has 262 valence electrons. The molecule has 6 nitrogen and oxygen atoms in total. The van der Waals surface area contributed by atoms with Crippen molar-refractivity contribution in [2.45, 2.75) is 112 Å². The summed E-state index contributed by atoms with van der Waals surface area (Å²) in [6, 6.07) is 8.07. The van der Waals surface area contributed by atoms with Crippen LogP contribution in [-0.2, 0) is 14.8 Å². The van der Waals surface area contributed by atoms with Crippen molar-refractivity contribution >= 4 is 21.6 Å². The Morgan fingerprint density at radius 3 is 2.23 bits per heavy atom. The number of esters is 1. The van der Waals surface area contributed by atoms with Gasteiger partial charge in [0.2, 0.25) is 10.0 Å². The van der Waals surface area contributed by atoms with Crippen LogP contribution in [0, 0.1) is 57.2 Å². The van der Waals surface area contributed by atoms with Gasteiger partial charge in [-0.3, -0.25) is 0 Å².